The van der Waals surface area contributed by atoms with E-state index in [0.717, 1.165) is 0 Å². The third kappa shape index (κ3) is 1.47. The number of rotatable bonds is 1. The van der Waals surface area contributed by atoms with Crippen LogP contribution in [0.25, 0.3) is 0 Å². The molecule has 104 valence electrons. The number of aryl methyl sites for hydroxylation is 1. The predicted molar refractivity (Wildman–Crippen MR) is 84.3 cm³/mol. The zero-order valence-electron chi connectivity index (χ0n) is 12.1. The molecule has 0 N–H and O–H groups in total. The van der Waals surface area contributed by atoms with Gasteiger partial charge in [0.2, 0.25) is 0 Å². The van der Waals surface area contributed by atoms with Crippen molar-refractivity contribution in [2.75, 3.05) is 4.90 Å². The molecule has 4 rings (SSSR count). The molecule has 2 heterocycles. The molecule has 0 saturated heterocycles. The van der Waals surface area contributed by atoms with Crippen LogP contribution in [0.1, 0.15) is 54.8 Å². The summed E-state index contributed by atoms with van der Waals surface area (Å²) in [6.07, 6.45) is 5.16. The van der Waals surface area contributed by atoms with Gasteiger partial charge in [-0.2, -0.15) is 0 Å². The van der Waals surface area contributed by atoms with Crippen molar-refractivity contribution in [3.05, 3.63) is 45.9 Å². The van der Waals surface area contributed by atoms with Gasteiger partial charge in [0, 0.05) is 5.69 Å². The molecule has 3 heteroatoms. The molecule has 1 aromatic heterocycles. The van der Waals surface area contributed by atoms with Gasteiger partial charge in [0.25, 0.3) is 0 Å². The van der Waals surface area contributed by atoms with E-state index in [1.807, 2.05) is 16.8 Å². The minimum absolute atomic E-state index is 0.168. The molecule has 1 aliphatic heterocycles. The van der Waals surface area contributed by atoms with Crippen molar-refractivity contribution in [1.82, 2.24) is 4.98 Å². The Morgan fingerprint density at radius 3 is 2.75 bits per heavy atom. The number of fused-ring (bicyclic) bond motifs is 2. The molecule has 1 saturated carbocycles. The first-order valence-corrected chi connectivity index (χ1v) is 8.41. The summed E-state index contributed by atoms with van der Waals surface area (Å²) in [6.45, 7) is 4.57. The Morgan fingerprint density at radius 1 is 1.25 bits per heavy atom. The van der Waals surface area contributed by atoms with Crippen molar-refractivity contribution in [2.45, 2.75) is 51.1 Å². The van der Waals surface area contributed by atoms with Crippen LogP contribution in [0.3, 0.4) is 0 Å². The SMILES string of the molecule is Cc1ccccc1N1C(C)c2scnc2C12CCCC2. The lowest BCUT2D eigenvalue weighted by atomic mass is 9.93. The molecule has 1 aromatic carbocycles. The standard InChI is InChI=1S/C17H20N2S/c1-12-7-3-4-8-14(12)19-13(2)15-16(18-11-20-15)17(19)9-5-6-10-17/h3-4,7-8,11,13H,5-6,9-10H2,1-2H3. The highest BCUT2D eigenvalue weighted by Gasteiger charge is 2.52. The highest BCUT2D eigenvalue weighted by molar-refractivity contribution is 7.09. The van der Waals surface area contributed by atoms with Gasteiger partial charge in [-0.3, -0.25) is 0 Å². The summed E-state index contributed by atoms with van der Waals surface area (Å²) in [5, 5.41) is 0. The van der Waals surface area contributed by atoms with Gasteiger partial charge in [0.05, 0.1) is 27.7 Å². The number of hydrogen-bond donors (Lipinski definition) is 0. The van der Waals surface area contributed by atoms with E-state index in [0.29, 0.717) is 6.04 Å². The Kier molecular flexibility index (Phi) is 2.68. The largest absolute Gasteiger partial charge is 0.352 e. The fraction of sp³-hybridized carbons (Fsp3) is 0.471. The second-order valence-electron chi connectivity index (χ2n) is 6.14. The lowest BCUT2D eigenvalue weighted by Gasteiger charge is -2.40. The first-order chi connectivity index (χ1) is 9.74. The molecule has 2 aromatic rings. The van der Waals surface area contributed by atoms with Crippen molar-refractivity contribution >= 4 is 17.0 Å². The quantitative estimate of drug-likeness (QED) is 0.747. The molecule has 2 nitrogen and oxygen atoms in total. The summed E-state index contributed by atoms with van der Waals surface area (Å²) in [4.78, 5) is 8.92. The summed E-state index contributed by atoms with van der Waals surface area (Å²) in [5.41, 5.74) is 6.35. The average molecular weight is 284 g/mol. The van der Waals surface area contributed by atoms with Gasteiger partial charge < -0.3 is 4.90 Å². The zero-order valence-corrected chi connectivity index (χ0v) is 12.9. The Hall–Kier alpha value is -1.35. The summed E-state index contributed by atoms with van der Waals surface area (Å²) in [5.74, 6) is 0. The monoisotopic (exact) mass is 284 g/mol. The minimum Gasteiger partial charge on any atom is -0.352 e. The van der Waals surface area contributed by atoms with Crippen LogP contribution in [0.5, 0.6) is 0 Å². The number of aromatic nitrogens is 1. The molecule has 20 heavy (non-hydrogen) atoms. The van der Waals surface area contributed by atoms with Gasteiger partial charge in [-0.1, -0.05) is 31.0 Å². The molecule has 2 aliphatic rings. The van der Waals surface area contributed by atoms with Crippen molar-refractivity contribution in [3.63, 3.8) is 0 Å². The van der Waals surface area contributed by atoms with Crippen molar-refractivity contribution in [2.24, 2.45) is 0 Å². The molecular formula is C17H20N2S. The minimum atomic E-state index is 0.168. The molecule has 1 aliphatic carbocycles. The van der Waals surface area contributed by atoms with Crippen molar-refractivity contribution in [3.8, 4) is 0 Å². The second-order valence-corrected chi connectivity index (χ2v) is 7.02. The van der Waals surface area contributed by atoms with E-state index in [4.69, 9.17) is 4.98 Å². The highest BCUT2D eigenvalue weighted by Crippen LogP contribution is 2.57. The lowest BCUT2D eigenvalue weighted by molar-refractivity contribution is 0.407. The molecule has 1 spiro atoms. The van der Waals surface area contributed by atoms with Crippen molar-refractivity contribution < 1.29 is 0 Å². The first-order valence-electron chi connectivity index (χ1n) is 7.53. The Labute approximate surface area is 124 Å². The third-order valence-corrected chi connectivity index (χ3v) is 6.07. The van der Waals surface area contributed by atoms with Crippen LogP contribution < -0.4 is 4.90 Å². The van der Waals surface area contributed by atoms with Crippen LogP contribution >= 0.6 is 11.3 Å². The van der Waals surface area contributed by atoms with E-state index in [1.54, 1.807) is 0 Å². The zero-order chi connectivity index (χ0) is 13.7. The first kappa shape index (κ1) is 12.4. The van der Waals surface area contributed by atoms with E-state index in [-0.39, 0.29) is 5.54 Å². The second kappa shape index (κ2) is 4.32. The Balaban J connectivity index is 1.91. The number of thiazole rings is 1. The van der Waals surface area contributed by atoms with Gasteiger partial charge in [0.15, 0.2) is 0 Å². The maximum absolute atomic E-state index is 4.76. The van der Waals surface area contributed by atoms with E-state index in [9.17, 15) is 0 Å². The molecular weight excluding hydrogens is 264 g/mol. The Morgan fingerprint density at radius 2 is 2.00 bits per heavy atom. The molecule has 1 fully saturated rings. The normalized spacial score (nSPS) is 23.5. The van der Waals surface area contributed by atoms with Gasteiger partial charge in [0.1, 0.15) is 0 Å². The van der Waals surface area contributed by atoms with E-state index >= 15 is 0 Å². The van der Waals surface area contributed by atoms with Gasteiger partial charge in [-0.05, 0) is 38.3 Å². The van der Waals surface area contributed by atoms with Gasteiger partial charge in [-0.15, -0.1) is 11.3 Å². The summed E-state index contributed by atoms with van der Waals surface area (Å²) < 4.78 is 0. The van der Waals surface area contributed by atoms with Gasteiger partial charge in [-0.25, -0.2) is 4.98 Å². The van der Waals surface area contributed by atoms with E-state index < -0.39 is 0 Å². The van der Waals surface area contributed by atoms with E-state index in [2.05, 4.69) is 43.0 Å². The predicted octanol–water partition coefficient (Wildman–Crippen LogP) is 4.80. The average Bonchev–Trinajstić information content (AvgIpc) is 3.12. The maximum atomic E-state index is 4.76. The number of para-hydroxylation sites is 1. The summed E-state index contributed by atoms with van der Waals surface area (Å²) in [7, 11) is 0. The fourth-order valence-electron chi connectivity index (χ4n) is 4.21. The van der Waals surface area contributed by atoms with Crippen molar-refractivity contribution in [1.29, 1.82) is 0 Å². The summed E-state index contributed by atoms with van der Waals surface area (Å²) in [6, 6.07) is 9.26. The summed E-state index contributed by atoms with van der Waals surface area (Å²) >= 11 is 1.83. The van der Waals surface area contributed by atoms with Crippen LogP contribution in [-0.2, 0) is 5.54 Å². The number of anilines is 1. The van der Waals surface area contributed by atoms with Crippen LogP contribution in [-0.4, -0.2) is 4.98 Å². The van der Waals surface area contributed by atoms with Gasteiger partial charge >= 0.3 is 0 Å². The number of hydrogen-bond acceptors (Lipinski definition) is 3. The fourth-order valence-corrected chi connectivity index (χ4v) is 5.14. The molecule has 0 radical (unpaired) electrons. The topological polar surface area (TPSA) is 16.1 Å². The number of benzene rings is 1. The lowest BCUT2D eigenvalue weighted by Crippen LogP contribution is -2.41. The maximum Gasteiger partial charge on any atom is 0.0842 e. The van der Waals surface area contributed by atoms with Crippen LogP contribution in [0.2, 0.25) is 0 Å². The molecule has 0 amide bonds. The Bertz CT molecular complexity index is 640. The highest BCUT2D eigenvalue weighted by atomic mass is 32.1. The van der Waals surface area contributed by atoms with Crippen LogP contribution in [0, 0.1) is 6.92 Å². The van der Waals surface area contributed by atoms with Crippen LogP contribution in [0.4, 0.5) is 5.69 Å². The van der Waals surface area contributed by atoms with E-state index in [1.165, 1.54) is 47.5 Å². The number of nitrogens with zero attached hydrogens (tertiary/aromatic N) is 2. The smallest absolute Gasteiger partial charge is 0.0842 e. The molecule has 1 atom stereocenters. The molecule has 0 bridgehead atoms. The van der Waals surface area contributed by atoms with Crippen LogP contribution in [0.15, 0.2) is 29.8 Å². The third-order valence-electron chi connectivity index (χ3n) is 5.07. The molecule has 1 unspecified atom stereocenters.